The van der Waals surface area contributed by atoms with Gasteiger partial charge in [-0.05, 0) is 98.5 Å². The molecule has 0 spiro atoms. The normalized spacial score (nSPS) is 14.0. The fourth-order valence-corrected chi connectivity index (χ4v) is 5.54. The van der Waals surface area contributed by atoms with Crippen molar-refractivity contribution in [2.24, 2.45) is 0 Å². The summed E-state index contributed by atoms with van der Waals surface area (Å²) < 4.78 is 70.5. The van der Waals surface area contributed by atoms with E-state index < -0.39 is 36.2 Å². The van der Waals surface area contributed by atoms with Crippen LogP contribution in [0.3, 0.4) is 0 Å². The lowest BCUT2D eigenvalue weighted by molar-refractivity contribution is -0.142. The van der Waals surface area contributed by atoms with Crippen molar-refractivity contribution in [3.8, 4) is 11.1 Å². The van der Waals surface area contributed by atoms with Crippen molar-refractivity contribution in [3.05, 3.63) is 106 Å². The zero-order valence-corrected chi connectivity index (χ0v) is 22.7. The van der Waals surface area contributed by atoms with Gasteiger partial charge in [0.1, 0.15) is 18.2 Å². The Bertz CT molecular complexity index is 1570. The minimum atomic E-state index is -4.61. The number of hydrogen-bond donors (Lipinski definition) is 1. The van der Waals surface area contributed by atoms with Gasteiger partial charge in [0.2, 0.25) is 5.91 Å². The highest BCUT2D eigenvalue weighted by Gasteiger charge is 2.39. The van der Waals surface area contributed by atoms with E-state index in [0.29, 0.717) is 58.5 Å². The number of benzene rings is 2. The minimum absolute atomic E-state index is 0.155. The van der Waals surface area contributed by atoms with E-state index in [2.05, 4.69) is 15.4 Å². The summed E-state index contributed by atoms with van der Waals surface area (Å²) in [6.45, 7) is 2.99. The van der Waals surface area contributed by atoms with Crippen molar-refractivity contribution in [1.82, 2.24) is 20.1 Å². The highest BCUT2D eigenvalue weighted by atomic mass is 19.4. The number of amides is 1. The Balaban J connectivity index is 1.50. The van der Waals surface area contributed by atoms with Crippen molar-refractivity contribution >= 4 is 5.91 Å². The average molecular weight is 569 g/mol. The molecule has 0 unspecified atom stereocenters. The van der Waals surface area contributed by atoms with Crippen LogP contribution in [0.1, 0.15) is 58.2 Å². The number of hydrogen-bond acceptors (Lipinski definition) is 3. The first kappa shape index (κ1) is 28.4. The second kappa shape index (κ2) is 11.4. The third-order valence-electron chi connectivity index (χ3n) is 7.33. The second-order valence-corrected chi connectivity index (χ2v) is 10.5. The molecule has 5 nitrogen and oxygen atoms in total. The van der Waals surface area contributed by atoms with Gasteiger partial charge in [0, 0.05) is 23.0 Å². The van der Waals surface area contributed by atoms with Crippen LogP contribution in [0.15, 0.2) is 54.7 Å². The molecular weight excluding hydrogens is 539 g/mol. The molecular formula is C31H29F5N4O. The number of carbonyl (C=O) groups excluding carboxylic acids is 1. The van der Waals surface area contributed by atoms with E-state index in [1.807, 2.05) is 0 Å². The molecule has 0 bridgehead atoms. The number of alkyl halides is 3. The van der Waals surface area contributed by atoms with E-state index in [-0.39, 0.29) is 24.2 Å². The molecule has 0 aliphatic heterocycles. The van der Waals surface area contributed by atoms with Crippen LogP contribution in [0.2, 0.25) is 0 Å². The summed E-state index contributed by atoms with van der Waals surface area (Å²) in [5.41, 5.74) is 3.17. The van der Waals surface area contributed by atoms with Crippen LogP contribution in [0, 0.1) is 25.5 Å². The van der Waals surface area contributed by atoms with E-state index >= 15 is 0 Å². The summed E-state index contributed by atoms with van der Waals surface area (Å²) >= 11 is 0. The van der Waals surface area contributed by atoms with E-state index in [4.69, 9.17) is 0 Å². The molecule has 10 heteroatoms. The predicted octanol–water partition coefficient (Wildman–Crippen LogP) is 6.84. The Morgan fingerprint density at radius 1 is 1.05 bits per heavy atom. The highest BCUT2D eigenvalue weighted by molar-refractivity contribution is 5.77. The fourth-order valence-electron chi connectivity index (χ4n) is 5.54. The first-order chi connectivity index (χ1) is 19.5. The van der Waals surface area contributed by atoms with Crippen molar-refractivity contribution in [2.75, 3.05) is 0 Å². The molecule has 0 saturated carbocycles. The number of nitrogens with zero attached hydrogens (tertiary/aromatic N) is 3. The number of halogens is 5. The summed E-state index contributed by atoms with van der Waals surface area (Å²) in [6.07, 6.45) is -0.864. The number of aromatic nitrogens is 3. The van der Waals surface area contributed by atoms with E-state index in [9.17, 15) is 26.7 Å². The van der Waals surface area contributed by atoms with Crippen LogP contribution >= 0.6 is 0 Å². The number of pyridine rings is 1. The molecule has 1 N–H and O–H groups in total. The first-order valence-electron chi connectivity index (χ1n) is 13.4. The molecule has 1 amide bonds. The monoisotopic (exact) mass is 568 g/mol. The number of fused-ring (bicyclic) bond motifs is 1. The minimum Gasteiger partial charge on any atom is -0.346 e. The lowest BCUT2D eigenvalue weighted by atomic mass is 9.94. The molecule has 214 valence electrons. The Morgan fingerprint density at radius 3 is 2.56 bits per heavy atom. The largest absolute Gasteiger partial charge is 0.435 e. The fraction of sp³-hybridized carbons (Fsp3) is 0.323. The van der Waals surface area contributed by atoms with Gasteiger partial charge in [-0.25, -0.2) is 8.78 Å². The lowest BCUT2D eigenvalue weighted by Gasteiger charge is -2.22. The van der Waals surface area contributed by atoms with Gasteiger partial charge in [-0.2, -0.15) is 18.3 Å². The first-order valence-corrected chi connectivity index (χ1v) is 13.4. The maximum Gasteiger partial charge on any atom is 0.435 e. The molecule has 41 heavy (non-hydrogen) atoms. The molecule has 2 aromatic heterocycles. The molecule has 4 aromatic rings. The molecule has 1 aliphatic carbocycles. The average Bonchev–Trinajstić information content (AvgIpc) is 3.28. The zero-order chi connectivity index (χ0) is 29.3. The SMILES string of the molecule is Cc1cc(F)cc(C[C@H](NC(=O)Cn2nc(C(F)(F)F)c3c2CCCC3)c2ncccc2-c2ccc(F)c(C)c2)c1. The van der Waals surface area contributed by atoms with Gasteiger partial charge >= 0.3 is 6.18 Å². The Hall–Kier alpha value is -4.08. The van der Waals surface area contributed by atoms with Crippen LogP contribution in [0.4, 0.5) is 22.0 Å². The Morgan fingerprint density at radius 2 is 1.83 bits per heavy atom. The Labute approximate surface area is 234 Å². The van der Waals surface area contributed by atoms with Crippen LogP contribution in [0.5, 0.6) is 0 Å². The van der Waals surface area contributed by atoms with E-state index in [1.165, 1.54) is 18.2 Å². The third kappa shape index (κ3) is 6.31. The molecule has 1 atom stereocenters. The van der Waals surface area contributed by atoms with E-state index in [1.54, 1.807) is 50.4 Å². The predicted molar refractivity (Wildman–Crippen MR) is 144 cm³/mol. The van der Waals surface area contributed by atoms with Crippen molar-refractivity contribution < 1.29 is 26.7 Å². The molecule has 2 aromatic carbocycles. The second-order valence-electron chi connectivity index (χ2n) is 10.5. The molecule has 0 radical (unpaired) electrons. The van der Waals surface area contributed by atoms with Gasteiger partial charge in [0.05, 0.1) is 11.7 Å². The van der Waals surface area contributed by atoms with Gasteiger partial charge in [0.15, 0.2) is 5.69 Å². The number of carbonyl (C=O) groups is 1. The topological polar surface area (TPSA) is 59.8 Å². The van der Waals surface area contributed by atoms with Crippen molar-refractivity contribution in [3.63, 3.8) is 0 Å². The summed E-state index contributed by atoms with van der Waals surface area (Å²) in [5.74, 6) is -1.34. The van der Waals surface area contributed by atoms with Gasteiger partial charge in [0.25, 0.3) is 0 Å². The maximum absolute atomic E-state index is 14.3. The number of aryl methyl sites for hydroxylation is 2. The third-order valence-corrected chi connectivity index (χ3v) is 7.33. The molecule has 2 heterocycles. The van der Waals surface area contributed by atoms with E-state index in [0.717, 1.165) is 4.68 Å². The number of rotatable bonds is 7. The summed E-state index contributed by atoms with van der Waals surface area (Å²) in [5, 5.41) is 6.72. The van der Waals surface area contributed by atoms with Crippen LogP contribution < -0.4 is 5.32 Å². The zero-order valence-electron chi connectivity index (χ0n) is 22.7. The van der Waals surface area contributed by atoms with Gasteiger partial charge in [-0.15, -0.1) is 0 Å². The molecule has 0 saturated heterocycles. The molecule has 5 rings (SSSR count). The standard InChI is InChI=1S/C31H29F5N4O/c1-18-12-20(15-22(32)13-18)16-26(29-23(7-5-11-37-29)21-9-10-25(33)19(2)14-21)38-28(41)17-40-27-8-4-3-6-24(27)30(39-40)31(34,35)36/h5,7,9-15,26H,3-4,6,8,16-17H2,1-2H3,(H,38,41)/t26-/m0/s1. The summed E-state index contributed by atoms with van der Waals surface area (Å²) in [4.78, 5) is 17.9. The lowest BCUT2D eigenvalue weighted by Crippen LogP contribution is -2.34. The Kier molecular flexibility index (Phi) is 7.93. The smallest absolute Gasteiger partial charge is 0.346 e. The van der Waals surface area contributed by atoms with Gasteiger partial charge in [-0.3, -0.25) is 14.5 Å². The number of nitrogens with one attached hydrogen (secondary N) is 1. The molecule has 1 aliphatic rings. The maximum atomic E-state index is 14.3. The van der Waals surface area contributed by atoms with Crippen molar-refractivity contribution in [1.29, 1.82) is 0 Å². The van der Waals surface area contributed by atoms with Gasteiger partial charge < -0.3 is 5.32 Å². The van der Waals surface area contributed by atoms with Gasteiger partial charge in [-0.1, -0.05) is 18.2 Å². The summed E-state index contributed by atoms with van der Waals surface area (Å²) in [7, 11) is 0. The van der Waals surface area contributed by atoms with Crippen LogP contribution in [0.25, 0.3) is 11.1 Å². The summed E-state index contributed by atoms with van der Waals surface area (Å²) in [6, 6.07) is 12.0. The molecule has 0 fully saturated rings. The highest BCUT2D eigenvalue weighted by Crippen LogP contribution is 2.36. The van der Waals surface area contributed by atoms with Crippen LogP contribution in [-0.4, -0.2) is 20.7 Å². The van der Waals surface area contributed by atoms with Crippen LogP contribution in [-0.2, 0) is 36.8 Å². The van der Waals surface area contributed by atoms with Crippen molar-refractivity contribution in [2.45, 2.75) is 64.7 Å². The quantitative estimate of drug-likeness (QED) is 0.249.